The number of H-pyrrole nitrogens is 1. The molecule has 1 aliphatic rings. The lowest BCUT2D eigenvalue weighted by Gasteiger charge is -2.15. The maximum Gasteiger partial charge on any atom is 0.270 e. The fourth-order valence-corrected chi connectivity index (χ4v) is 2.63. The molecule has 1 aromatic heterocycles. The van der Waals surface area contributed by atoms with Crippen molar-refractivity contribution in [3.63, 3.8) is 0 Å². The van der Waals surface area contributed by atoms with Crippen molar-refractivity contribution < 1.29 is 13.6 Å². The number of aromatic nitrogens is 1. The first kappa shape index (κ1) is 13.1. The third-order valence-electron chi connectivity index (χ3n) is 3.77. The van der Waals surface area contributed by atoms with Crippen LogP contribution in [0.25, 0.3) is 10.9 Å². The summed E-state index contributed by atoms with van der Waals surface area (Å²) in [4.78, 5) is 16.8. The molecule has 1 amide bonds. The normalized spacial score (nSPS) is 18.9. The van der Waals surface area contributed by atoms with Crippen LogP contribution in [0.3, 0.4) is 0 Å². The zero-order valence-electron chi connectivity index (χ0n) is 11.0. The summed E-state index contributed by atoms with van der Waals surface area (Å²) in [7, 11) is 1.86. The lowest BCUT2D eigenvalue weighted by Crippen LogP contribution is -2.33. The molecule has 106 valence electrons. The second kappa shape index (κ2) is 4.86. The van der Waals surface area contributed by atoms with Crippen LogP contribution in [0, 0.1) is 11.6 Å². The number of aromatic amines is 1. The van der Waals surface area contributed by atoms with Crippen molar-refractivity contribution in [2.75, 3.05) is 20.1 Å². The first-order chi connectivity index (χ1) is 9.58. The minimum absolute atomic E-state index is 0.182. The van der Waals surface area contributed by atoms with Crippen LogP contribution >= 0.6 is 0 Å². The van der Waals surface area contributed by atoms with Crippen LogP contribution in [0.2, 0.25) is 0 Å². The molecule has 2 aromatic rings. The maximum absolute atomic E-state index is 13.6. The molecule has 4 nitrogen and oxygen atoms in total. The molecule has 1 fully saturated rings. The van der Waals surface area contributed by atoms with Crippen molar-refractivity contribution in [2.45, 2.75) is 12.5 Å². The van der Waals surface area contributed by atoms with Crippen LogP contribution in [0.4, 0.5) is 8.78 Å². The Labute approximate surface area is 114 Å². The number of rotatable bonds is 2. The molecule has 0 spiro atoms. The van der Waals surface area contributed by atoms with Gasteiger partial charge < -0.3 is 15.2 Å². The summed E-state index contributed by atoms with van der Waals surface area (Å²) in [6.07, 6.45) is 0.894. The highest BCUT2D eigenvalue weighted by molar-refractivity contribution is 5.98. The van der Waals surface area contributed by atoms with Crippen LogP contribution in [0.1, 0.15) is 16.9 Å². The number of nitrogens with one attached hydrogen (secondary N) is 2. The molecule has 0 radical (unpaired) electrons. The standard InChI is InChI=1S/C14H15F2N3O/c1-17-9-2-3-19(7-9)14(20)13-6-10-11(16)4-8(15)5-12(10)18-13/h4-6,9,17-18H,2-3,7H2,1H3. The Morgan fingerprint density at radius 3 is 2.90 bits per heavy atom. The molecule has 1 atom stereocenters. The van der Waals surface area contributed by atoms with E-state index in [-0.39, 0.29) is 17.3 Å². The summed E-state index contributed by atoms with van der Waals surface area (Å²) in [6.45, 7) is 1.29. The first-order valence-electron chi connectivity index (χ1n) is 6.53. The minimum atomic E-state index is -0.662. The van der Waals surface area contributed by atoms with Gasteiger partial charge in [-0.2, -0.15) is 0 Å². The summed E-state index contributed by atoms with van der Waals surface area (Å²) < 4.78 is 26.8. The van der Waals surface area contributed by atoms with Crippen molar-refractivity contribution in [3.8, 4) is 0 Å². The lowest BCUT2D eigenvalue weighted by molar-refractivity contribution is 0.0785. The summed E-state index contributed by atoms with van der Waals surface area (Å²) in [6, 6.07) is 3.74. The Balaban J connectivity index is 1.91. The third-order valence-corrected chi connectivity index (χ3v) is 3.77. The SMILES string of the molecule is CNC1CCN(C(=O)c2cc3c(F)cc(F)cc3[nH]2)C1. The van der Waals surface area contributed by atoms with Crippen LogP contribution < -0.4 is 5.32 Å². The number of nitrogens with zero attached hydrogens (tertiary/aromatic N) is 1. The predicted octanol–water partition coefficient (Wildman–Crippen LogP) is 1.88. The van der Waals surface area contributed by atoms with Gasteiger partial charge in [-0.25, -0.2) is 8.78 Å². The Hall–Kier alpha value is -1.95. The minimum Gasteiger partial charge on any atom is -0.350 e. The van der Waals surface area contributed by atoms with Gasteiger partial charge in [0.25, 0.3) is 5.91 Å². The van der Waals surface area contributed by atoms with E-state index in [9.17, 15) is 13.6 Å². The van der Waals surface area contributed by atoms with E-state index in [2.05, 4.69) is 10.3 Å². The van der Waals surface area contributed by atoms with E-state index < -0.39 is 11.6 Å². The quantitative estimate of drug-likeness (QED) is 0.882. The number of hydrogen-bond donors (Lipinski definition) is 2. The molecule has 0 aliphatic carbocycles. The van der Waals surface area contributed by atoms with Crippen molar-refractivity contribution in [1.82, 2.24) is 15.2 Å². The number of likely N-dealkylation sites (tertiary alicyclic amines) is 1. The summed E-state index contributed by atoms with van der Waals surface area (Å²) in [5, 5.41) is 3.36. The molecule has 1 unspecified atom stereocenters. The van der Waals surface area contributed by atoms with Crippen molar-refractivity contribution >= 4 is 16.8 Å². The second-order valence-electron chi connectivity index (χ2n) is 5.06. The highest BCUT2D eigenvalue weighted by atomic mass is 19.1. The molecular formula is C14H15F2N3O. The number of carbonyl (C=O) groups is 1. The average Bonchev–Trinajstić information content (AvgIpc) is 3.03. The van der Waals surface area contributed by atoms with E-state index in [1.165, 1.54) is 12.1 Å². The van der Waals surface area contributed by atoms with Gasteiger partial charge in [-0.3, -0.25) is 4.79 Å². The lowest BCUT2D eigenvalue weighted by atomic mass is 10.2. The molecular weight excluding hydrogens is 264 g/mol. The van der Waals surface area contributed by atoms with Crippen LogP contribution in [0.5, 0.6) is 0 Å². The van der Waals surface area contributed by atoms with Crippen molar-refractivity contribution in [2.24, 2.45) is 0 Å². The average molecular weight is 279 g/mol. The maximum atomic E-state index is 13.6. The van der Waals surface area contributed by atoms with Gasteiger partial charge >= 0.3 is 0 Å². The number of fused-ring (bicyclic) bond motifs is 1. The van der Waals surface area contributed by atoms with Crippen molar-refractivity contribution in [1.29, 1.82) is 0 Å². The molecule has 1 aliphatic heterocycles. The van der Waals surface area contributed by atoms with Gasteiger partial charge in [-0.05, 0) is 25.6 Å². The largest absolute Gasteiger partial charge is 0.350 e. The molecule has 0 saturated carbocycles. The number of benzene rings is 1. The van der Waals surface area contributed by atoms with E-state index in [0.717, 1.165) is 12.5 Å². The fourth-order valence-electron chi connectivity index (χ4n) is 2.63. The summed E-state index contributed by atoms with van der Waals surface area (Å²) in [5.41, 5.74) is 0.594. The molecule has 6 heteroatoms. The van der Waals surface area contributed by atoms with Gasteiger partial charge in [-0.15, -0.1) is 0 Å². The number of carbonyl (C=O) groups excluding carboxylic acids is 1. The van der Waals surface area contributed by atoms with Crippen LogP contribution in [0.15, 0.2) is 18.2 Å². The van der Waals surface area contributed by atoms with E-state index >= 15 is 0 Å². The van der Waals surface area contributed by atoms with E-state index in [1.807, 2.05) is 7.05 Å². The van der Waals surface area contributed by atoms with E-state index in [4.69, 9.17) is 0 Å². The Morgan fingerprint density at radius 1 is 1.40 bits per heavy atom. The monoisotopic (exact) mass is 279 g/mol. The van der Waals surface area contributed by atoms with Gasteiger partial charge in [0.15, 0.2) is 0 Å². The van der Waals surface area contributed by atoms with Crippen LogP contribution in [-0.4, -0.2) is 42.0 Å². The predicted molar refractivity (Wildman–Crippen MR) is 71.6 cm³/mol. The number of likely N-dealkylation sites (N-methyl/N-ethyl adjacent to an activating group) is 1. The zero-order chi connectivity index (χ0) is 14.3. The summed E-state index contributed by atoms with van der Waals surface area (Å²) in [5.74, 6) is -1.50. The second-order valence-corrected chi connectivity index (χ2v) is 5.06. The fraction of sp³-hybridized carbons (Fsp3) is 0.357. The third kappa shape index (κ3) is 2.16. The smallest absolute Gasteiger partial charge is 0.270 e. The Kier molecular flexibility index (Phi) is 3.17. The molecule has 1 aromatic carbocycles. The van der Waals surface area contributed by atoms with E-state index in [1.54, 1.807) is 4.90 Å². The molecule has 3 rings (SSSR count). The number of halogens is 2. The summed E-state index contributed by atoms with van der Waals surface area (Å²) >= 11 is 0. The zero-order valence-corrected chi connectivity index (χ0v) is 11.0. The molecule has 20 heavy (non-hydrogen) atoms. The first-order valence-corrected chi connectivity index (χ1v) is 6.53. The highest BCUT2D eigenvalue weighted by Crippen LogP contribution is 2.22. The van der Waals surface area contributed by atoms with Gasteiger partial charge in [0.2, 0.25) is 0 Å². The molecule has 2 N–H and O–H groups in total. The number of hydrogen-bond acceptors (Lipinski definition) is 2. The molecule has 1 saturated heterocycles. The highest BCUT2D eigenvalue weighted by Gasteiger charge is 2.27. The molecule has 2 heterocycles. The van der Waals surface area contributed by atoms with Gasteiger partial charge in [0.1, 0.15) is 17.3 Å². The van der Waals surface area contributed by atoms with Crippen LogP contribution in [-0.2, 0) is 0 Å². The Morgan fingerprint density at radius 2 is 2.20 bits per heavy atom. The van der Waals surface area contributed by atoms with E-state index in [0.29, 0.717) is 24.3 Å². The topological polar surface area (TPSA) is 48.1 Å². The van der Waals surface area contributed by atoms with Gasteiger partial charge in [0.05, 0.1) is 5.52 Å². The van der Waals surface area contributed by atoms with Crippen molar-refractivity contribution in [3.05, 3.63) is 35.5 Å². The van der Waals surface area contributed by atoms with Gasteiger partial charge in [-0.1, -0.05) is 0 Å². The molecule has 0 bridgehead atoms. The number of amides is 1. The van der Waals surface area contributed by atoms with Gasteiger partial charge in [0, 0.05) is 30.6 Å². The Bertz CT molecular complexity index is 668.